The second kappa shape index (κ2) is 11.4. The Balaban J connectivity index is 1.66. The predicted octanol–water partition coefficient (Wildman–Crippen LogP) is 6.23. The molecule has 216 valence electrons. The summed E-state index contributed by atoms with van der Waals surface area (Å²) in [6.07, 6.45) is 3.11. The Kier molecular flexibility index (Phi) is 7.45. The van der Waals surface area contributed by atoms with Crippen LogP contribution in [0.15, 0.2) is 66.7 Å². The number of para-hydroxylation sites is 1. The number of carbonyl (C=O) groups excluding carboxylic acids is 3. The van der Waals surface area contributed by atoms with Gasteiger partial charge >= 0.3 is 5.97 Å². The molecule has 2 saturated carbocycles. The highest BCUT2D eigenvalue weighted by Gasteiger charge is 2.43. The Labute approximate surface area is 244 Å². The molecule has 1 aromatic heterocycles. The summed E-state index contributed by atoms with van der Waals surface area (Å²) in [5.74, 6) is 0.238. The number of ether oxygens (including phenoxy) is 3. The monoisotopic (exact) mass is 566 g/mol. The van der Waals surface area contributed by atoms with Crippen molar-refractivity contribution in [2.75, 3.05) is 25.7 Å². The summed E-state index contributed by atoms with van der Waals surface area (Å²) in [5, 5.41) is 0.751. The van der Waals surface area contributed by atoms with Crippen LogP contribution in [0.4, 0.5) is 5.69 Å². The Morgan fingerprint density at radius 1 is 0.833 bits per heavy atom. The number of esters is 1. The third-order valence-electron chi connectivity index (χ3n) is 7.92. The smallest absolute Gasteiger partial charge is 0.355 e. The van der Waals surface area contributed by atoms with Crippen LogP contribution in [-0.2, 0) is 20.9 Å². The number of nitrogens with zero attached hydrogens (tertiary/aromatic N) is 2. The van der Waals surface area contributed by atoms with Gasteiger partial charge in [0.2, 0.25) is 11.8 Å². The van der Waals surface area contributed by atoms with Crippen molar-refractivity contribution in [3.05, 3.63) is 78.0 Å². The second-order valence-corrected chi connectivity index (χ2v) is 10.8. The molecule has 3 aromatic carbocycles. The average molecular weight is 567 g/mol. The molecular weight excluding hydrogens is 532 g/mol. The summed E-state index contributed by atoms with van der Waals surface area (Å²) in [4.78, 5) is 42.6. The largest absolute Gasteiger partial charge is 0.497 e. The first kappa shape index (κ1) is 27.6. The molecule has 0 unspecified atom stereocenters. The molecular formula is C34H34N2O6. The van der Waals surface area contributed by atoms with Gasteiger partial charge in [0.15, 0.2) is 0 Å². The van der Waals surface area contributed by atoms with Crippen LogP contribution in [-0.4, -0.2) is 43.2 Å². The van der Waals surface area contributed by atoms with Crippen LogP contribution in [0.1, 0.15) is 48.7 Å². The molecule has 0 bridgehead atoms. The topological polar surface area (TPSA) is 87.1 Å². The zero-order valence-corrected chi connectivity index (χ0v) is 24.1. The molecule has 2 aliphatic carbocycles. The molecule has 0 radical (unpaired) electrons. The molecule has 0 spiro atoms. The van der Waals surface area contributed by atoms with Crippen LogP contribution < -0.4 is 14.4 Å². The first-order chi connectivity index (χ1) is 20.4. The fourth-order valence-electron chi connectivity index (χ4n) is 5.52. The Bertz CT molecular complexity index is 1640. The first-order valence-electron chi connectivity index (χ1n) is 14.4. The second-order valence-electron chi connectivity index (χ2n) is 10.8. The standard InChI is InChI=1S/C34H34N2O6/c1-4-42-34(39)31-29(22-15-17-25(40-2)18-16-22)27-9-6-10-28(36(32(37)23-11-12-23)33(38)24-13-14-24)30(27)35(31)20-21-7-5-8-26(19-21)41-3/h5-10,15-19,23-24H,4,11-14,20H2,1-3H3. The molecule has 1 heterocycles. The van der Waals surface area contributed by atoms with Gasteiger partial charge in [0.1, 0.15) is 17.2 Å². The van der Waals surface area contributed by atoms with Gasteiger partial charge in [-0.1, -0.05) is 36.4 Å². The number of hydrogen-bond donors (Lipinski definition) is 0. The summed E-state index contributed by atoms with van der Waals surface area (Å²) >= 11 is 0. The van der Waals surface area contributed by atoms with E-state index in [1.165, 1.54) is 4.90 Å². The van der Waals surface area contributed by atoms with Gasteiger partial charge in [-0.25, -0.2) is 9.69 Å². The van der Waals surface area contributed by atoms with Crippen molar-refractivity contribution in [2.24, 2.45) is 11.8 Å². The molecule has 4 aromatic rings. The molecule has 0 saturated heterocycles. The van der Waals surface area contributed by atoms with Gasteiger partial charge in [-0.15, -0.1) is 0 Å². The van der Waals surface area contributed by atoms with E-state index in [0.717, 1.165) is 42.2 Å². The van der Waals surface area contributed by atoms with Crippen molar-refractivity contribution in [1.82, 2.24) is 4.57 Å². The number of fused-ring (bicyclic) bond motifs is 1. The summed E-state index contributed by atoms with van der Waals surface area (Å²) in [6.45, 7) is 2.26. The molecule has 0 aliphatic heterocycles. The summed E-state index contributed by atoms with van der Waals surface area (Å²) in [7, 11) is 3.21. The van der Waals surface area contributed by atoms with Gasteiger partial charge < -0.3 is 18.8 Å². The van der Waals surface area contributed by atoms with Crippen molar-refractivity contribution in [3.63, 3.8) is 0 Å². The van der Waals surface area contributed by atoms with E-state index in [4.69, 9.17) is 14.2 Å². The first-order valence-corrected chi connectivity index (χ1v) is 14.4. The number of aromatic nitrogens is 1. The predicted molar refractivity (Wildman–Crippen MR) is 160 cm³/mol. The number of carbonyl (C=O) groups is 3. The molecule has 6 rings (SSSR count). The Morgan fingerprint density at radius 2 is 1.48 bits per heavy atom. The highest BCUT2D eigenvalue weighted by atomic mass is 16.5. The SMILES string of the molecule is CCOC(=O)c1c(-c2ccc(OC)cc2)c2cccc(N(C(=O)C3CC3)C(=O)C3CC3)c2n1Cc1cccc(OC)c1. The van der Waals surface area contributed by atoms with E-state index in [-0.39, 0.29) is 36.8 Å². The summed E-state index contributed by atoms with van der Waals surface area (Å²) < 4.78 is 18.4. The Hall–Kier alpha value is -4.59. The molecule has 2 amide bonds. The number of hydrogen-bond acceptors (Lipinski definition) is 6. The van der Waals surface area contributed by atoms with Gasteiger partial charge in [-0.3, -0.25) is 9.59 Å². The normalized spacial score (nSPS) is 14.5. The number of rotatable bonds is 10. The van der Waals surface area contributed by atoms with E-state index in [1.807, 2.05) is 71.3 Å². The van der Waals surface area contributed by atoms with Crippen LogP contribution in [0, 0.1) is 11.8 Å². The lowest BCUT2D eigenvalue weighted by molar-refractivity contribution is -0.127. The van der Waals surface area contributed by atoms with Gasteiger partial charge in [0, 0.05) is 29.3 Å². The van der Waals surface area contributed by atoms with E-state index in [1.54, 1.807) is 21.1 Å². The molecule has 2 fully saturated rings. The van der Waals surface area contributed by atoms with Crippen LogP contribution in [0.3, 0.4) is 0 Å². The zero-order valence-electron chi connectivity index (χ0n) is 24.1. The number of methoxy groups -OCH3 is 2. The zero-order chi connectivity index (χ0) is 29.4. The van der Waals surface area contributed by atoms with Gasteiger partial charge in [-0.05, 0) is 74.1 Å². The van der Waals surface area contributed by atoms with Crippen LogP contribution >= 0.6 is 0 Å². The minimum atomic E-state index is -0.484. The van der Waals surface area contributed by atoms with E-state index in [9.17, 15) is 14.4 Å². The summed E-state index contributed by atoms with van der Waals surface area (Å²) in [6, 6.07) is 20.7. The fraction of sp³-hybridized carbons (Fsp3) is 0.324. The molecule has 0 N–H and O–H groups in total. The molecule has 0 atom stereocenters. The molecule has 8 nitrogen and oxygen atoms in total. The molecule has 2 aliphatic rings. The van der Waals surface area contributed by atoms with Crippen LogP contribution in [0.5, 0.6) is 11.5 Å². The van der Waals surface area contributed by atoms with E-state index < -0.39 is 5.97 Å². The molecule has 8 heteroatoms. The van der Waals surface area contributed by atoms with E-state index in [2.05, 4.69) is 0 Å². The lowest BCUT2D eigenvalue weighted by Crippen LogP contribution is -2.39. The van der Waals surface area contributed by atoms with Crippen molar-refractivity contribution in [3.8, 4) is 22.6 Å². The lowest BCUT2D eigenvalue weighted by atomic mass is 10.0. The van der Waals surface area contributed by atoms with Gasteiger partial charge in [0.25, 0.3) is 0 Å². The minimum absolute atomic E-state index is 0.157. The lowest BCUT2D eigenvalue weighted by Gasteiger charge is -2.23. The van der Waals surface area contributed by atoms with Crippen molar-refractivity contribution < 1.29 is 28.6 Å². The maximum atomic E-state index is 13.8. The number of amides is 2. The van der Waals surface area contributed by atoms with Crippen molar-refractivity contribution in [1.29, 1.82) is 0 Å². The van der Waals surface area contributed by atoms with Gasteiger partial charge in [0.05, 0.1) is 32.0 Å². The maximum absolute atomic E-state index is 13.8. The average Bonchev–Trinajstić information content (AvgIpc) is 3.94. The maximum Gasteiger partial charge on any atom is 0.355 e. The highest BCUT2D eigenvalue weighted by Crippen LogP contribution is 2.44. The molecule has 42 heavy (non-hydrogen) atoms. The van der Waals surface area contributed by atoms with Crippen molar-refractivity contribution in [2.45, 2.75) is 39.2 Å². The van der Waals surface area contributed by atoms with E-state index >= 15 is 0 Å². The van der Waals surface area contributed by atoms with Gasteiger partial charge in [-0.2, -0.15) is 0 Å². The Morgan fingerprint density at radius 3 is 2.07 bits per heavy atom. The van der Waals surface area contributed by atoms with E-state index in [0.29, 0.717) is 34.0 Å². The number of anilines is 1. The number of benzene rings is 3. The van der Waals surface area contributed by atoms with Crippen LogP contribution in [0.2, 0.25) is 0 Å². The number of imide groups is 1. The minimum Gasteiger partial charge on any atom is -0.497 e. The van der Waals surface area contributed by atoms with Crippen molar-refractivity contribution >= 4 is 34.4 Å². The third-order valence-corrected chi connectivity index (χ3v) is 7.92. The van der Waals surface area contributed by atoms with Crippen LogP contribution in [0.25, 0.3) is 22.0 Å². The quantitative estimate of drug-likeness (QED) is 0.167. The summed E-state index contributed by atoms with van der Waals surface area (Å²) in [5.41, 5.74) is 3.84. The highest BCUT2D eigenvalue weighted by molar-refractivity contribution is 6.22. The fourth-order valence-corrected chi connectivity index (χ4v) is 5.52. The third kappa shape index (κ3) is 5.13.